The zero-order chi connectivity index (χ0) is 27.5. The standard InChI is InChI=1S/C31H36O4Si2/c1-20(2)30(32)34-24-14-10-22(11-15-24)26-19-29(37(7,8)9)27(18-28(26)36(5)6)23-12-16-25(17-13-23)35-31(33)21(3)4/h10-19,36H,1,3H2,2,4-9H3. The van der Waals surface area contributed by atoms with Crippen LogP contribution < -0.4 is 19.8 Å². The van der Waals surface area contributed by atoms with Crippen LogP contribution >= 0.6 is 0 Å². The first-order valence-electron chi connectivity index (χ1n) is 12.4. The van der Waals surface area contributed by atoms with Gasteiger partial charge in [-0.05, 0) is 60.4 Å². The van der Waals surface area contributed by atoms with Crippen molar-refractivity contribution in [2.24, 2.45) is 0 Å². The zero-order valence-corrected chi connectivity index (χ0v) is 25.1. The molecule has 3 rings (SSSR count). The molecule has 6 heteroatoms. The summed E-state index contributed by atoms with van der Waals surface area (Å²) in [4.78, 5) is 23.8. The minimum absolute atomic E-state index is 0.370. The molecule has 0 amide bonds. The number of benzene rings is 3. The van der Waals surface area contributed by atoms with Crippen molar-refractivity contribution in [3.8, 4) is 33.8 Å². The molecular formula is C31H36O4Si2. The molecular weight excluding hydrogens is 493 g/mol. The lowest BCUT2D eigenvalue weighted by Gasteiger charge is -2.26. The van der Waals surface area contributed by atoms with Crippen LogP contribution in [-0.2, 0) is 9.59 Å². The van der Waals surface area contributed by atoms with Crippen LogP contribution in [0.1, 0.15) is 13.8 Å². The van der Waals surface area contributed by atoms with E-state index in [0.717, 1.165) is 11.1 Å². The Morgan fingerprint density at radius 3 is 1.46 bits per heavy atom. The smallest absolute Gasteiger partial charge is 0.338 e. The topological polar surface area (TPSA) is 52.6 Å². The summed E-state index contributed by atoms with van der Waals surface area (Å²) in [6.45, 7) is 22.3. The third-order valence-corrected chi connectivity index (χ3v) is 9.82. The molecule has 0 saturated carbocycles. The summed E-state index contributed by atoms with van der Waals surface area (Å²) in [5.74, 6) is 0.172. The predicted octanol–water partition coefficient (Wildman–Crippen LogP) is 6.22. The summed E-state index contributed by atoms with van der Waals surface area (Å²) in [7, 11) is -2.96. The molecule has 3 aromatic carbocycles. The van der Waals surface area contributed by atoms with Gasteiger partial charge in [0.05, 0.1) is 16.9 Å². The Morgan fingerprint density at radius 2 is 1.11 bits per heavy atom. The van der Waals surface area contributed by atoms with E-state index in [2.05, 4.69) is 58.0 Å². The fourth-order valence-electron chi connectivity index (χ4n) is 4.00. The molecule has 0 aliphatic heterocycles. The van der Waals surface area contributed by atoms with Gasteiger partial charge in [-0.3, -0.25) is 0 Å². The normalized spacial score (nSPS) is 11.2. The molecule has 0 aliphatic carbocycles. The van der Waals surface area contributed by atoms with Gasteiger partial charge < -0.3 is 9.47 Å². The van der Waals surface area contributed by atoms with Crippen molar-refractivity contribution in [2.45, 2.75) is 46.6 Å². The van der Waals surface area contributed by atoms with E-state index >= 15 is 0 Å². The van der Waals surface area contributed by atoms with Gasteiger partial charge in [0.2, 0.25) is 0 Å². The largest absolute Gasteiger partial charge is 0.423 e. The average molecular weight is 529 g/mol. The van der Waals surface area contributed by atoms with Crippen LogP contribution in [0.25, 0.3) is 22.3 Å². The van der Waals surface area contributed by atoms with Crippen molar-refractivity contribution in [1.82, 2.24) is 0 Å². The van der Waals surface area contributed by atoms with E-state index in [9.17, 15) is 9.59 Å². The second-order valence-corrected chi connectivity index (χ2v) is 18.7. The van der Waals surface area contributed by atoms with Gasteiger partial charge in [0.1, 0.15) is 11.5 Å². The number of hydrogen-bond donors (Lipinski definition) is 0. The Bertz CT molecular complexity index is 1350. The molecule has 0 aromatic heterocycles. The van der Waals surface area contributed by atoms with Gasteiger partial charge in [0, 0.05) is 11.1 Å². The maximum Gasteiger partial charge on any atom is 0.338 e. The molecule has 3 aromatic rings. The van der Waals surface area contributed by atoms with E-state index in [1.54, 1.807) is 13.8 Å². The highest BCUT2D eigenvalue weighted by molar-refractivity contribution is 6.90. The summed E-state index contributed by atoms with van der Waals surface area (Å²) in [6, 6.07) is 20.2. The fraction of sp³-hybridized carbons (Fsp3) is 0.226. The molecule has 192 valence electrons. The maximum absolute atomic E-state index is 11.9. The number of hydrogen-bond acceptors (Lipinski definition) is 4. The molecule has 0 atom stereocenters. The summed E-state index contributed by atoms with van der Waals surface area (Å²) >= 11 is 0. The number of esters is 2. The van der Waals surface area contributed by atoms with Crippen LogP contribution in [-0.4, -0.2) is 28.8 Å². The van der Waals surface area contributed by atoms with Crippen molar-refractivity contribution >= 4 is 39.2 Å². The quantitative estimate of drug-likeness (QED) is 0.151. The van der Waals surface area contributed by atoms with Crippen molar-refractivity contribution in [3.63, 3.8) is 0 Å². The van der Waals surface area contributed by atoms with Gasteiger partial charge in [0.15, 0.2) is 0 Å². The van der Waals surface area contributed by atoms with Gasteiger partial charge in [0.25, 0.3) is 0 Å². The highest BCUT2D eigenvalue weighted by Crippen LogP contribution is 2.28. The van der Waals surface area contributed by atoms with Crippen molar-refractivity contribution in [2.75, 3.05) is 0 Å². The highest BCUT2D eigenvalue weighted by Gasteiger charge is 2.24. The molecule has 0 N–H and O–H groups in total. The van der Waals surface area contributed by atoms with Crippen molar-refractivity contribution < 1.29 is 19.1 Å². The second kappa shape index (κ2) is 11.3. The summed E-state index contributed by atoms with van der Waals surface area (Å²) in [5, 5.41) is 2.74. The summed E-state index contributed by atoms with van der Waals surface area (Å²) in [5.41, 5.74) is 5.44. The molecule has 0 fully saturated rings. The fourth-order valence-corrected chi connectivity index (χ4v) is 6.97. The first-order valence-corrected chi connectivity index (χ1v) is 18.8. The zero-order valence-electron chi connectivity index (χ0n) is 22.9. The van der Waals surface area contributed by atoms with Crippen molar-refractivity contribution in [1.29, 1.82) is 0 Å². The van der Waals surface area contributed by atoms with Gasteiger partial charge in [-0.1, -0.05) is 92.7 Å². The van der Waals surface area contributed by atoms with Crippen LogP contribution in [0.3, 0.4) is 0 Å². The van der Waals surface area contributed by atoms with E-state index in [0.29, 0.717) is 22.6 Å². The van der Waals surface area contributed by atoms with Gasteiger partial charge in [-0.2, -0.15) is 0 Å². The molecule has 0 unspecified atom stereocenters. The number of ether oxygens (including phenoxy) is 2. The Labute approximate surface area is 223 Å². The van der Waals surface area contributed by atoms with E-state index < -0.39 is 28.8 Å². The maximum atomic E-state index is 11.9. The minimum atomic E-state index is -1.74. The van der Waals surface area contributed by atoms with E-state index in [1.165, 1.54) is 21.5 Å². The number of carbonyl (C=O) groups is 2. The van der Waals surface area contributed by atoms with Crippen LogP contribution in [0.5, 0.6) is 11.5 Å². The molecule has 0 spiro atoms. The van der Waals surface area contributed by atoms with Gasteiger partial charge in [-0.25, -0.2) is 9.59 Å². The van der Waals surface area contributed by atoms with E-state index in [-0.39, 0.29) is 0 Å². The molecule has 0 saturated heterocycles. The van der Waals surface area contributed by atoms with Crippen LogP contribution in [0.15, 0.2) is 85.0 Å². The van der Waals surface area contributed by atoms with Gasteiger partial charge in [-0.15, -0.1) is 0 Å². The summed E-state index contributed by atoms with van der Waals surface area (Å²) in [6.07, 6.45) is 0. The van der Waals surface area contributed by atoms with Crippen LogP contribution in [0, 0.1) is 0 Å². The third-order valence-electron chi connectivity index (χ3n) is 6.07. The SMILES string of the molecule is C=C(C)C(=O)Oc1ccc(-c2cc([Si](C)(C)C)c(-c3ccc(OC(=O)C(=C)C)cc3)cc2[SiH](C)C)cc1. The van der Waals surface area contributed by atoms with Crippen molar-refractivity contribution in [3.05, 3.63) is 85.0 Å². The first-order chi connectivity index (χ1) is 17.3. The lowest BCUT2D eigenvalue weighted by molar-refractivity contribution is -0.130. The Kier molecular flexibility index (Phi) is 8.56. The summed E-state index contributed by atoms with van der Waals surface area (Å²) < 4.78 is 10.8. The lowest BCUT2D eigenvalue weighted by atomic mass is 9.99. The monoisotopic (exact) mass is 528 g/mol. The number of carbonyl (C=O) groups excluding carboxylic acids is 2. The highest BCUT2D eigenvalue weighted by atomic mass is 28.3. The molecule has 0 bridgehead atoms. The molecule has 0 heterocycles. The van der Waals surface area contributed by atoms with E-state index in [4.69, 9.17) is 9.47 Å². The average Bonchev–Trinajstić information content (AvgIpc) is 2.83. The van der Waals surface area contributed by atoms with E-state index in [1.807, 2.05) is 48.5 Å². The lowest BCUT2D eigenvalue weighted by Crippen LogP contribution is -2.41. The minimum Gasteiger partial charge on any atom is -0.423 e. The Morgan fingerprint density at radius 1 is 0.703 bits per heavy atom. The second-order valence-electron chi connectivity index (χ2n) is 10.8. The molecule has 0 aliphatic rings. The Hall–Kier alpha value is -3.49. The molecule has 4 nitrogen and oxygen atoms in total. The molecule has 37 heavy (non-hydrogen) atoms. The predicted molar refractivity (Wildman–Crippen MR) is 160 cm³/mol. The number of rotatable bonds is 8. The van der Waals surface area contributed by atoms with Crippen LogP contribution in [0.2, 0.25) is 32.7 Å². The van der Waals surface area contributed by atoms with Gasteiger partial charge >= 0.3 is 11.9 Å². The molecule has 0 radical (unpaired) electrons. The van der Waals surface area contributed by atoms with Crippen LogP contribution in [0.4, 0.5) is 0 Å². The first kappa shape index (κ1) is 28.1. The third kappa shape index (κ3) is 6.84. The Balaban J connectivity index is 2.08.